The predicted octanol–water partition coefficient (Wildman–Crippen LogP) is 9.88. The number of unbranched alkanes of at least 4 members (excludes halogenated alkanes) is 1. The van der Waals surface area contributed by atoms with Gasteiger partial charge in [0.25, 0.3) is 20.2 Å². The van der Waals surface area contributed by atoms with Crippen LogP contribution in [0.15, 0.2) is 0 Å². The maximum Gasteiger partial charge on any atom is 0.266 e. The van der Waals surface area contributed by atoms with E-state index in [-0.39, 0.29) is 58.8 Å². The minimum absolute atomic E-state index is 0.0680. The van der Waals surface area contributed by atoms with Crippen LogP contribution in [0.3, 0.4) is 0 Å². The summed E-state index contributed by atoms with van der Waals surface area (Å²) in [5.41, 5.74) is 1.02. The van der Waals surface area contributed by atoms with Crippen molar-refractivity contribution < 1.29 is 45.7 Å². The Morgan fingerprint density at radius 3 is 1.26 bits per heavy atom. The van der Waals surface area contributed by atoms with Crippen molar-refractivity contribution in [3.05, 3.63) is 0 Å². The van der Waals surface area contributed by atoms with Crippen molar-refractivity contribution in [3.8, 4) is 0 Å². The van der Waals surface area contributed by atoms with Gasteiger partial charge in [0.2, 0.25) is 11.8 Å². The highest BCUT2D eigenvalue weighted by atomic mass is 32.2. The van der Waals surface area contributed by atoms with E-state index in [1.54, 1.807) is 0 Å². The molecule has 0 aromatic rings. The monoisotopic (exact) mass is 1020 g/mol. The molecule has 0 aromatic carbocycles. The molecule has 12 nitrogen and oxygen atoms in total. The Balaban J connectivity index is 0.944. The molecule has 0 saturated heterocycles. The third-order valence-electron chi connectivity index (χ3n) is 23.6. The number of aliphatic hydroxyl groups excluding tert-OH is 2. The number of nitrogens with one attached hydrogen (secondary N) is 2. The molecule has 8 saturated carbocycles. The molecule has 6 N–H and O–H groups in total. The quantitative estimate of drug-likeness (QED) is 0.0533. The smallest absolute Gasteiger partial charge is 0.266 e. The van der Waals surface area contributed by atoms with E-state index in [0.29, 0.717) is 95.7 Å². The van der Waals surface area contributed by atoms with Crippen LogP contribution in [-0.4, -0.2) is 84.8 Å². The first kappa shape index (κ1) is 54.9. The molecule has 402 valence electrons. The van der Waals surface area contributed by atoms with Crippen LogP contribution >= 0.6 is 0 Å². The fourth-order valence-electron chi connectivity index (χ4n) is 20.1. The average Bonchev–Trinajstić information content (AvgIpc) is 3.83. The highest BCUT2D eigenvalue weighted by Crippen LogP contribution is 2.72. The van der Waals surface area contributed by atoms with Crippen LogP contribution in [0.5, 0.6) is 0 Å². The summed E-state index contributed by atoms with van der Waals surface area (Å²) < 4.78 is 63.0. The Hall–Kier alpha value is -1.32. The molecule has 0 aliphatic heterocycles. The summed E-state index contributed by atoms with van der Waals surface area (Å²) in [6.07, 6.45) is 25.4. The van der Waals surface area contributed by atoms with E-state index in [9.17, 15) is 36.6 Å². The lowest BCUT2D eigenvalue weighted by atomic mass is 9.41. The Morgan fingerprint density at radius 2 is 0.886 bits per heavy atom. The third-order valence-corrected chi connectivity index (χ3v) is 25.0. The normalized spacial score (nSPS) is 44.4. The number of carbonyl (C=O) groups excluding carboxylic acids is 2. The second-order valence-corrected chi connectivity index (χ2v) is 30.0. The van der Waals surface area contributed by atoms with Crippen LogP contribution in [0.4, 0.5) is 0 Å². The van der Waals surface area contributed by atoms with Crippen LogP contribution in [-0.2, 0) is 29.8 Å². The molecule has 8 rings (SSSR count). The van der Waals surface area contributed by atoms with Gasteiger partial charge in [0.1, 0.15) is 0 Å². The first-order chi connectivity index (χ1) is 32.9. The Labute approximate surface area is 423 Å². The highest BCUT2D eigenvalue weighted by molar-refractivity contribution is 7.86. The summed E-state index contributed by atoms with van der Waals surface area (Å²) in [7, 11) is -8.23. The van der Waals surface area contributed by atoms with Gasteiger partial charge in [-0.1, -0.05) is 67.2 Å². The van der Waals surface area contributed by atoms with E-state index in [2.05, 4.69) is 52.2 Å². The van der Waals surface area contributed by atoms with E-state index in [1.165, 1.54) is 89.9 Å². The lowest BCUT2D eigenvalue weighted by Crippen LogP contribution is -2.57. The zero-order chi connectivity index (χ0) is 50.6. The van der Waals surface area contributed by atoms with Gasteiger partial charge >= 0.3 is 0 Å². The van der Waals surface area contributed by atoms with Crippen LogP contribution < -0.4 is 10.6 Å². The molecule has 20 atom stereocenters. The van der Waals surface area contributed by atoms with Crippen molar-refractivity contribution in [2.45, 2.75) is 208 Å². The largest absolute Gasteiger partial charge is 0.393 e. The fraction of sp³-hybridized carbons (Fsp3) is 0.964. The molecular weight excluding hydrogens is 925 g/mol. The molecule has 0 heterocycles. The van der Waals surface area contributed by atoms with Crippen molar-refractivity contribution in [3.63, 3.8) is 0 Å². The summed E-state index contributed by atoms with van der Waals surface area (Å²) in [6.45, 7) is 14.9. The number of hydrogen-bond acceptors (Lipinski definition) is 8. The van der Waals surface area contributed by atoms with Crippen molar-refractivity contribution in [2.75, 3.05) is 24.6 Å². The molecule has 2 unspecified atom stereocenters. The molecule has 70 heavy (non-hydrogen) atoms. The number of fused-ring (bicyclic) bond motifs is 10. The van der Waals surface area contributed by atoms with Gasteiger partial charge in [-0.25, -0.2) is 0 Å². The summed E-state index contributed by atoms with van der Waals surface area (Å²) in [6, 6.07) is 0. The van der Waals surface area contributed by atoms with Crippen LogP contribution in [0.2, 0.25) is 0 Å². The van der Waals surface area contributed by atoms with Gasteiger partial charge in [-0.2, -0.15) is 16.8 Å². The number of amides is 2. The standard InChI is InChI=1S/C56H96N2O10S2/c1-35(11-17-49(61)57-27-29-69(63,64)65)43-13-15-45-51-37(31-39-33-41(59)19-23-53(39,3)47(51)21-25-55(43,45)5)9-7-8-10-38-32-40-34-42(60)20-24-54(40,4)48-22-26-56(6)44(14-16-46(56)52(38)48)36(2)12-18-50(62)58-28-30-70(66,67)68/h35-48,51-52,59-60H,7-34H2,1-6H3,(H,57,61)(H,58,62)(H,63,64,65)(H,66,67,68)/t35-,36-,37-,38-,39?,40?,41+,42+,43+,44+,45-,46-,47-,48-,51-,52-,53-,54-,55+,56+/m0/s1. The Bertz CT molecular complexity index is 1930. The first-order valence-corrected chi connectivity index (χ1v) is 31.9. The predicted molar refractivity (Wildman–Crippen MR) is 274 cm³/mol. The highest BCUT2D eigenvalue weighted by Gasteiger charge is 2.64. The van der Waals surface area contributed by atoms with Gasteiger partial charge in [-0.05, 0) is 220 Å². The van der Waals surface area contributed by atoms with E-state index in [0.717, 1.165) is 51.4 Å². The van der Waals surface area contributed by atoms with Gasteiger partial charge in [-0.3, -0.25) is 18.7 Å². The minimum Gasteiger partial charge on any atom is -0.393 e. The maximum atomic E-state index is 12.8. The Kier molecular flexibility index (Phi) is 16.8. The van der Waals surface area contributed by atoms with Gasteiger partial charge in [-0.15, -0.1) is 0 Å². The summed E-state index contributed by atoms with van der Waals surface area (Å²) in [5.74, 6) is 7.25. The topological polar surface area (TPSA) is 207 Å². The lowest BCUT2D eigenvalue weighted by Gasteiger charge is -2.64. The van der Waals surface area contributed by atoms with Gasteiger partial charge in [0, 0.05) is 25.9 Å². The molecule has 8 aliphatic rings. The van der Waals surface area contributed by atoms with Crippen molar-refractivity contribution in [1.82, 2.24) is 10.6 Å². The van der Waals surface area contributed by atoms with Crippen LogP contribution in [0.1, 0.15) is 196 Å². The minimum atomic E-state index is -4.11. The van der Waals surface area contributed by atoms with Gasteiger partial charge < -0.3 is 20.8 Å². The summed E-state index contributed by atoms with van der Waals surface area (Å²) >= 11 is 0. The summed E-state index contributed by atoms with van der Waals surface area (Å²) in [5, 5.41) is 27.6. The first-order valence-electron chi connectivity index (χ1n) is 28.7. The van der Waals surface area contributed by atoms with Crippen LogP contribution in [0.25, 0.3) is 0 Å². The molecule has 0 spiro atoms. The molecule has 0 aromatic heterocycles. The van der Waals surface area contributed by atoms with E-state index < -0.39 is 31.7 Å². The zero-order valence-electron chi connectivity index (χ0n) is 44.1. The molecule has 0 bridgehead atoms. The Morgan fingerprint density at radius 1 is 0.529 bits per heavy atom. The van der Waals surface area contributed by atoms with Crippen molar-refractivity contribution >= 4 is 32.1 Å². The van der Waals surface area contributed by atoms with E-state index in [1.807, 2.05) is 0 Å². The van der Waals surface area contributed by atoms with E-state index in [4.69, 9.17) is 9.11 Å². The second-order valence-electron chi connectivity index (χ2n) is 26.9. The molecule has 8 aliphatic carbocycles. The fourth-order valence-corrected chi connectivity index (χ4v) is 20.8. The molecule has 0 radical (unpaired) electrons. The molecular formula is C56H96N2O10S2. The number of rotatable bonds is 19. The lowest BCUT2D eigenvalue weighted by molar-refractivity contribution is -0.157. The van der Waals surface area contributed by atoms with Crippen molar-refractivity contribution in [2.24, 2.45) is 105 Å². The average molecular weight is 1020 g/mol. The van der Waals surface area contributed by atoms with E-state index >= 15 is 0 Å². The molecule has 8 fully saturated rings. The van der Waals surface area contributed by atoms with Crippen LogP contribution in [0, 0.1) is 105 Å². The molecule has 14 heteroatoms. The van der Waals surface area contributed by atoms with Crippen molar-refractivity contribution in [1.29, 1.82) is 0 Å². The number of aliphatic hydroxyl groups is 2. The number of carbonyl (C=O) groups is 2. The number of hydrogen-bond donors (Lipinski definition) is 6. The third kappa shape index (κ3) is 11.3. The SMILES string of the molecule is C[C@@H](CCC(=O)NCCS(=O)(=O)O)[C@H]1CC[C@H]2[C@@H]3[C@@H](CCCC[C@H]4CC5C[C@H](O)CC[C@]5(C)[C@H]5CC[C@]6(C)[C@@H]([C@@H](C)CCC(=O)NCCS(=O)(=O)O)CC[C@H]6[C@H]45)CC4C[C@H](O)CC[C@]4(C)[C@H]3CC[C@]12C. The molecule has 2 amide bonds. The van der Waals surface area contributed by atoms with Gasteiger partial charge in [0.05, 0.1) is 23.7 Å². The second kappa shape index (κ2) is 21.4. The summed E-state index contributed by atoms with van der Waals surface area (Å²) in [4.78, 5) is 25.5. The zero-order valence-corrected chi connectivity index (χ0v) is 45.7. The van der Waals surface area contributed by atoms with Gasteiger partial charge in [0.15, 0.2) is 0 Å². The maximum absolute atomic E-state index is 12.8.